The lowest BCUT2D eigenvalue weighted by molar-refractivity contribution is 0.122. The van der Waals surface area contributed by atoms with E-state index in [1.54, 1.807) is 6.33 Å². The molecule has 2 saturated heterocycles. The summed E-state index contributed by atoms with van der Waals surface area (Å²) in [4.78, 5) is 18.2. The number of ether oxygens (including phenoxy) is 1. The minimum absolute atomic E-state index is 0.468. The highest BCUT2D eigenvalue weighted by Crippen LogP contribution is 2.24. The molecule has 0 spiro atoms. The number of anilines is 2. The largest absolute Gasteiger partial charge is 0.378 e. The summed E-state index contributed by atoms with van der Waals surface area (Å²) < 4.78 is 5.46. The molecule has 3 heterocycles. The van der Waals surface area contributed by atoms with Crippen LogP contribution in [0.3, 0.4) is 0 Å². The van der Waals surface area contributed by atoms with Gasteiger partial charge >= 0.3 is 0 Å². The first-order valence-corrected chi connectivity index (χ1v) is 9.87. The number of rotatable bonds is 4. The molecule has 0 aliphatic carbocycles. The van der Waals surface area contributed by atoms with E-state index >= 15 is 0 Å². The summed E-state index contributed by atoms with van der Waals surface area (Å²) in [7, 11) is 2.10. The number of morpholine rings is 1. The smallest absolute Gasteiger partial charge is 0.228 e. The van der Waals surface area contributed by atoms with Crippen molar-refractivity contribution >= 4 is 11.6 Å². The van der Waals surface area contributed by atoms with Gasteiger partial charge < -0.3 is 19.9 Å². The monoisotopic (exact) mass is 368 g/mol. The SMILES string of the molecule is CN(c1ncnc(-c2cccc(N3CCOCC3)c2)n1)C1CCCNCC1. The second-order valence-corrected chi connectivity index (χ2v) is 7.20. The first kappa shape index (κ1) is 18.1. The summed E-state index contributed by atoms with van der Waals surface area (Å²) in [5, 5.41) is 3.46. The van der Waals surface area contributed by atoms with Gasteiger partial charge in [-0.05, 0) is 44.5 Å². The second-order valence-electron chi connectivity index (χ2n) is 7.20. The van der Waals surface area contributed by atoms with Crippen LogP contribution in [0.4, 0.5) is 11.6 Å². The molecule has 1 atom stereocenters. The summed E-state index contributed by atoms with van der Waals surface area (Å²) in [5.74, 6) is 1.48. The van der Waals surface area contributed by atoms with E-state index < -0.39 is 0 Å². The summed E-state index contributed by atoms with van der Waals surface area (Å²) in [6, 6.07) is 8.92. The predicted octanol–water partition coefficient (Wildman–Crippen LogP) is 1.95. The molecule has 2 aromatic rings. The van der Waals surface area contributed by atoms with Crippen LogP contribution in [0.2, 0.25) is 0 Å². The molecule has 2 aliphatic heterocycles. The van der Waals surface area contributed by atoms with E-state index in [4.69, 9.17) is 9.72 Å². The fraction of sp³-hybridized carbons (Fsp3) is 0.550. The van der Waals surface area contributed by atoms with Crippen LogP contribution in [0.15, 0.2) is 30.6 Å². The molecule has 0 amide bonds. The summed E-state index contributed by atoms with van der Waals surface area (Å²) in [6.45, 7) is 5.55. The number of aromatic nitrogens is 3. The quantitative estimate of drug-likeness (QED) is 0.885. The highest BCUT2D eigenvalue weighted by atomic mass is 16.5. The van der Waals surface area contributed by atoms with Crippen LogP contribution in [0.25, 0.3) is 11.4 Å². The predicted molar refractivity (Wildman–Crippen MR) is 107 cm³/mol. The van der Waals surface area contributed by atoms with E-state index in [-0.39, 0.29) is 0 Å². The van der Waals surface area contributed by atoms with Gasteiger partial charge in [-0.1, -0.05) is 12.1 Å². The summed E-state index contributed by atoms with van der Waals surface area (Å²) >= 11 is 0. The van der Waals surface area contributed by atoms with E-state index in [1.165, 1.54) is 12.1 Å². The maximum absolute atomic E-state index is 5.46. The number of hydrogen-bond donors (Lipinski definition) is 1. The Morgan fingerprint density at radius 1 is 1.15 bits per heavy atom. The first-order valence-electron chi connectivity index (χ1n) is 9.87. The minimum Gasteiger partial charge on any atom is -0.378 e. The van der Waals surface area contributed by atoms with Gasteiger partial charge in [0.15, 0.2) is 5.82 Å². The second kappa shape index (κ2) is 8.63. The minimum atomic E-state index is 0.468. The molecule has 27 heavy (non-hydrogen) atoms. The van der Waals surface area contributed by atoms with Gasteiger partial charge in [-0.2, -0.15) is 4.98 Å². The Kier molecular flexibility index (Phi) is 5.79. The lowest BCUT2D eigenvalue weighted by atomic mass is 10.1. The third-order valence-corrected chi connectivity index (χ3v) is 5.45. The molecule has 7 nitrogen and oxygen atoms in total. The Morgan fingerprint density at radius 3 is 2.93 bits per heavy atom. The van der Waals surface area contributed by atoms with Crippen LogP contribution in [-0.2, 0) is 4.74 Å². The van der Waals surface area contributed by atoms with E-state index in [2.05, 4.69) is 56.4 Å². The van der Waals surface area contributed by atoms with Crippen LogP contribution < -0.4 is 15.1 Å². The van der Waals surface area contributed by atoms with Crippen molar-refractivity contribution in [3.05, 3.63) is 30.6 Å². The van der Waals surface area contributed by atoms with Crippen molar-refractivity contribution in [1.82, 2.24) is 20.3 Å². The van der Waals surface area contributed by atoms with Crippen LogP contribution in [-0.4, -0.2) is 67.4 Å². The Labute approximate surface area is 160 Å². The highest BCUT2D eigenvalue weighted by molar-refractivity contribution is 5.64. The zero-order chi connectivity index (χ0) is 18.5. The molecule has 144 valence electrons. The summed E-state index contributed by atoms with van der Waals surface area (Å²) in [5.41, 5.74) is 2.22. The maximum atomic E-state index is 5.46. The molecule has 2 fully saturated rings. The van der Waals surface area contributed by atoms with Crippen LogP contribution in [0, 0.1) is 0 Å². The molecule has 0 radical (unpaired) electrons. The molecule has 7 heteroatoms. The fourth-order valence-electron chi connectivity index (χ4n) is 3.81. The molecule has 4 rings (SSSR count). The van der Waals surface area contributed by atoms with Gasteiger partial charge in [0.25, 0.3) is 0 Å². The molecule has 2 aliphatic rings. The van der Waals surface area contributed by atoms with E-state index in [0.717, 1.165) is 69.6 Å². The van der Waals surface area contributed by atoms with Crippen molar-refractivity contribution in [2.75, 3.05) is 56.2 Å². The van der Waals surface area contributed by atoms with Crippen molar-refractivity contribution in [3.63, 3.8) is 0 Å². The van der Waals surface area contributed by atoms with Gasteiger partial charge in [0, 0.05) is 37.4 Å². The topological polar surface area (TPSA) is 66.4 Å². The van der Waals surface area contributed by atoms with Crippen LogP contribution in [0.5, 0.6) is 0 Å². The molecular weight excluding hydrogens is 340 g/mol. The zero-order valence-corrected chi connectivity index (χ0v) is 16.0. The van der Waals surface area contributed by atoms with Gasteiger partial charge in [-0.3, -0.25) is 0 Å². The molecule has 0 bridgehead atoms. The zero-order valence-electron chi connectivity index (χ0n) is 16.0. The average molecular weight is 368 g/mol. The van der Waals surface area contributed by atoms with Crippen molar-refractivity contribution < 1.29 is 4.74 Å². The summed E-state index contributed by atoms with van der Waals surface area (Å²) in [6.07, 6.45) is 5.10. The Balaban J connectivity index is 1.55. The molecule has 1 aromatic carbocycles. The van der Waals surface area contributed by atoms with Crippen LogP contribution in [0.1, 0.15) is 19.3 Å². The Bertz CT molecular complexity index is 741. The van der Waals surface area contributed by atoms with Gasteiger partial charge in [0.2, 0.25) is 5.95 Å². The van der Waals surface area contributed by atoms with Crippen molar-refractivity contribution in [2.24, 2.45) is 0 Å². The lowest BCUT2D eigenvalue weighted by Gasteiger charge is -2.29. The van der Waals surface area contributed by atoms with E-state index in [9.17, 15) is 0 Å². The van der Waals surface area contributed by atoms with Crippen molar-refractivity contribution in [2.45, 2.75) is 25.3 Å². The number of hydrogen-bond acceptors (Lipinski definition) is 7. The molecule has 1 unspecified atom stereocenters. The van der Waals surface area contributed by atoms with Crippen molar-refractivity contribution in [1.29, 1.82) is 0 Å². The van der Waals surface area contributed by atoms with Crippen LogP contribution >= 0.6 is 0 Å². The molecule has 0 saturated carbocycles. The third kappa shape index (κ3) is 4.36. The molecule has 1 aromatic heterocycles. The maximum Gasteiger partial charge on any atom is 0.228 e. The Hall–Kier alpha value is -2.25. The van der Waals surface area contributed by atoms with Crippen molar-refractivity contribution in [3.8, 4) is 11.4 Å². The van der Waals surface area contributed by atoms with Gasteiger partial charge in [0.1, 0.15) is 6.33 Å². The number of benzene rings is 1. The van der Waals surface area contributed by atoms with Gasteiger partial charge in [-0.25, -0.2) is 9.97 Å². The highest BCUT2D eigenvalue weighted by Gasteiger charge is 2.20. The third-order valence-electron chi connectivity index (χ3n) is 5.45. The fourth-order valence-corrected chi connectivity index (χ4v) is 3.81. The van der Waals surface area contributed by atoms with E-state index in [1.807, 2.05) is 0 Å². The normalized spacial score (nSPS) is 20.9. The van der Waals surface area contributed by atoms with E-state index in [0.29, 0.717) is 6.04 Å². The Morgan fingerprint density at radius 2 is 2.04 bits per heavy atom. The van der Waals surface area contributed by atoms with Gasteiger partial charge in [-0.15, -0.1) is 0 Å². The average Bonchev–Trinajstić information content (AvgIpc) is 3.04. The number of nitrogens with zero attached hydrogens (tertiary/aromatic N) is 5. The lowest BCUT2D eigenvalue weighted by Crippen LogP contribution is -2.36. The molecule has 1 N–H and O–H groups in total. The standard InChI is InChI=1S/C20H28N6O/c1-25(17-6-3-8-21-9-7-17)20-23-15-22-19(24-20)16-4-2-5-18(14-16)26-10-12-27-13-11-26/h2,4-5,14-15,17,21H,3,6-13H2,1H3. The van der Waals surface area contributed by atoms with Gasteiger partial charge in [0.05, 0.1) is 13.2 Å². The first-order chi connectivity index (χ1) is 13.3. The molecular formula is C20H28N6O. The number of nitrogens with one attached hydrogen (secondary N) is 1.